The summed E-state index contributed by atoms with van der Waals surface area (Å²) in [6.07, 6.45) is 2.85. The molecule has 0 saturated carbocycles. The highest BCUT2D eigenvalue weighted by Crippen LogP contribution is 2.26. The largest absolute Gasteiger partial charge is 0.508 e. The number of aromatic hydroxyl groups is 2. The molecule has 0 bridgehead atoms. The van der Waals surface area contributed by atoms with Crippen molar-refractivity contribution in [2.45, 2.75) is 0 Å². The van der Waals surface area contributed by atoms with Gasteiger partial charge >= 0.3 is 0 Å². The van der Waals surface area contributed by atoms with Crippen molar-refractivity contribution in [3.8, 4) is 11.5 Å². The van der Waals surface area contributed by atoms with Crippen LogP contribution in [0.1, 0.15) is 11.1 Å². The molecule has 0 heterocycles. The van der Waals surface area contributed by atoms with E-state index in [1.165, 1.54) is 0 Å². The van der Waals surface area contributed by atoms with Gasteiger partial charge in [0.2, 0.25) is 10.0 Å². The molecule has 0 amide bonds. The fourth-order valence-corrected chi connectivity index (χ4v) is 2.37. The molecule has 0 unspecified atom stereocenters. The monoisotopic (exact) mass is 319 g/mol. The lowest BCUT2D eigenvalue weighted by Gasteiger charge is -2.10. The van der Waals surface area contributed by atoms with Crippen LogP contribution in [0.25, 0.3) is 5.57 Å². The third kappa shape index (κ3) is 4.61. The zero-order valence-corrected chi connectivity index (χ0v) is 12.8. The molecule has 0 saturated heterocycles. The van der Waals surface area contributed by atoms with Gasteiger partial charge in [-0.25, -0.2) is 13.1 Å². The predicted octanol–water partition coefficient (Wildman–Crippen LogP) is 2.08. The Hall–Kier alpha value is -2.31. The minimum atomic E-state index is -3.27. The zero-order chi connectivity index (χ0) is 16.2. The number of sulfonamides is 1. The molecule has 0 atom stereocenters. The first-order valence-electron chi connectivity index (χ1n) is 6.59. The summed E-state index contributed by atoms with van der Waals surface area (Å²) in [4.78, 5) is 0. The van der Waals surface area contributed by atoms with E-state index in [4.69, 9.17) is 0 Å². The first-order chi connectivity index (χ1) is 10.3. The number of phenols is 2. The van der Waals surface area contributed by atoms with Crippen LogP contribution in [-0.4, -0.2) is 31.4 Å². The van der Waals surface area contributed by atoms with Gasteiger partial charge in [-0.05, 0) is 41.0 Å². The summed E-state index contributed by atoms with van der Waals surface area (Å²) in [5.74, 6) is 0.311. The molecule has 116 valence electrons. The molecule has 0 fully saturated rings. The lowest BCUT2D eigenvalue weighted by atomic mass is 9.97. The minimum Gasteiger partial charge on any atom is -0.508 e. The number of rotatable bonds is 5. The zero-order valence-electron chi connectivity index (χ0n) is 12.0. The van der Waals surface area contributed by atoms with Gasteiger partial charge in [0, 0.05) is 6.54 Å². The summed E-state index contributed by atoms with van der Waals surface area (Å²) in [6.45, 7) is 0.149. The van der Waals surface area contributed by atoms with Gasteiger partial charge in [-0.3, -0.25) is 0 Å². The van der Waals surface area contributed by atoms with E-state index in [2.05, 4.69) is 4.72 Å². The van der Waals surface area contributed by atoms with E-state index in [9.17, 15) is 18.6 Å². The Bertz CT molecular complexity index is 715. The summed E-state index contributed by atoms with van der Waals surface area (Å²) in [7, 11) is -3.27. The van der Waals surface area contributed by atoms with E-state index in [1.54, 1.807) is 54.6 Å². The fraction of sp³-hybridized carbons (Fsp3) is 0.125. The van der Waals surface area contributed by atoms with Gasteiger partial charge in [0.15, 0.2) is 0 Å². The van der Waals surface area contributed by atoms with Crippen molar-refractivity contribution in [3.63, 3.8) is 0 Å². The Balaban J connectivity index is 2.37. The van der Waals surface area contributed by atoms with Crippen molar-refractivity contribution in [1.82, 2.24) is 4.72 Å². The standard InChI is InChI=1S/C16H17NO4S/c1-22(20,21)17-11-10-16(12-2-6-14(18)7-3-12)13-4-8-15(19)9-5-13/h2-10,17-19H,11H2,1H3. The van der Waals surface area contributed by atoms with Crippen molar-refractivity contribution >= 4 is 15.6 Å². The number of hydrogen-bond donors (Lipinski definition) is 3. The molecule has 0 aromatic heterocycles. The maximum Gasteiger partial charge on any atom is 0.208 e. The van der Waals surface area contributed by atoms with Gasteiger partial charge in [-0.2, -0.15) is 0 Å². The third-order valence-corrected chi connectivity index (χ3v) is 3.70. The predicted molar refractivity (Wildman–Crippen MR) is 86.1 cm³/mol. The van der Waals surface area contributed by atoms with Crippen molar-refractivity contribution in [2.75, 3.05) is 12.8 Å². The first kappa shape index (κ1) is 16.1. The Kier molecular flexibility index (Phi) is 4.85. The van der Waals surface area contributed by atoms with E-state index in [0.29, 0.717) is 0 Å². The Labute approximate surface area is 129 Å². The topological polar surface area (TPSA) is 86.6 Å². The molecule has 0 aliphatic heterocycles. The highest BCUT2D eigenvalue weighted by atomic mass is 32.2. The van der Waals surface area contributed by atoms with Gasteiger partial charge in [-0.1, -0.05) is 30.3 Å². The fourth-order valence-electron chi connectivity index (χ4n) is 1.98. The average molecular weight is 319 g/mol. The maximum atomic E-state index is 11.2. The molecule has 0 aliphatic rings. The lowest BCUT2D eigenvalue weighted by Crippen LogP contribution is -2.21. The van der Waals surface area contributed by atoms with Crippen molar-refractivity contribution in [1.29, 1.82) is 0 Å². The average Bonchev–Trinajstić information content (AvgIpc) is 2.45. The van der Waals surface area contributed by atoms with Crippen LogP contribution in [0.4, 0.5) is 0 Å². The summed E-state index contributed by atoms with van der Waals surface area (Å²) in [5, 5.41) is 18.8. The number of nitrogens with one attached hydrogen (secondary N) is 1. The van der Waals surface area contributed by atoms with Gasteiger partial charge in [0.1, 0.15) is 11.5 Å². The normalized spacial score (nSPS) is 11.1. The summed E-state index contributed by atoms with van der Waals surface area (Å²) in [5.41, 5.74) is 2.47. The van der Waals surface area contributed by atoms with E-state index in [1.807, 2.05) is 0 Å². The summed E-state index contributed by atoms with van der Waals surface area (Å²) >= 11 is 0. The van der Waals surface area contributed by atoms with Crippen LogP contribution in [0.3, 0.4) is 0 Å². The van der Waals surface area contributed by atoms with Gasteiger partial charge in [0.25, 0.3) is 0 Å². The molecule has 2 aromatic rings. The second kappa shape index (κ2) is 6.64. The van der Waals surface area contributed by atoms with Gasteiger partial charge in [0.05, 0.1) is 6.26 Å². The molecule has 0 spiro atoms. The molecular weight excluding hydrogens is 302 g/mol. The Morgan fingerprint density at radius 1 is 0.955 bits per heavy atom. The molecule has 2 rings (SSSR count). The van der Waals surface area contributed by atoms with Gasteiger partial charge in [-0.15, -0.1) is 0 Å². The van der Waals surface area contributed by atoms with Crippen LogP contribution in [0.2, 0.25) is 0 Å². The molecule has 0 radical (unpaired) electrons. The second-order valence-electron chi connectivity index (χ2n) is 4.83. The van der Waals surface area contributed by atoms with E-state index < -0.39 is 10.0 Å². The summed E-state index contributed by atoms with van der Waals surface area (Å²) in [6, 6.07) is 13.2. The minimum absolute atomic E-state index is 0.149. The van der Waals surface area contributed by atoms with Crippen LogP contribution in [-0.2, 0) is 10.0 Å². The van der Waals surface area contributed by atoms with Crippen LogP contribution >= 0.6 is 0 Å². The Morgan fingerprint density at radius 3 is 1.73 bits per heavy atom. The van der Waals surface area contributed by atoms with E-state index in [0.717, 1.165) is 23.0 Å². The molecule has 22 heavy (non-hydrogen) atoms. The maximum absolute atomic E-state index is 11.2. The smallest absolute Gasteiger partial charge is 0.208 e. The molecular formula is C16H17NO4S. The van der Waals surface area contributed by atoms with Crippen molar-refractivity contribution in [3.05, 3.63) is 65.7 Å². The quantitative estimate of drug-likeness (QED) is 0.787. The highest BCUT2D eigenvalue weighted by molar-refractivity contribution is 7.88. The summed E-state index contributed by atoms with van der Waals surface area (Å²) < 4.78 is 24.7. The number of benzene rings is 2. The third-order valence-electron chi connectivity index (χ3n) is 3.01. The Morgan fingerprint density at radius 2 is 1.36 bits per heavy atom. The van der Waals surface area contributed by atoms with Crippen LogP contribution in [0.15, 0.2) is 54.6 Å². The van der Waals surface area contributed by atoms with Crippen molar-refractivity contribution in [2.24, 2.45) is 0 Å². The van der Waals surface area contributed by atoms with E-state index in [-0.39, 0.29) is 18.0 Å². The van der Waals surface area contributed by atoms with Gasteiger partial charge < -0.3 is 10.2 Å². The molecule has 3 N–H and O–H groups in total. The molecule has 0 aliphatic carbocycles. The van der Waals surface area contributed by atoms with Crippen molar-refractivity contribution < 1.29 is 18.6 Å². The molecule has 2 aromatic carbocycles. The lowest BCUT2D eigenvalue weighted by molar-refractivity contribution is 0.475. The molecule has 6 heteroatoms. The SMILES string of the molecule is CS(=O)(=O)NCC=C(c1ccc(O)cc1)c1ccc(O)cc1. The van der Waals surface area contributed by atoms with E-state index >= 15 is 0 Å². The number of phenolic OH excluding ortho intramolecular Hbond substituents is 2. The van der Waals surface area contributed by atoms with Crippen LogP contribution in [0.5, 0.6) is 11.5 Å². The molecule has 5 nitrogen and oxygen atoms in total. The first-order valence-corrected chi connectivity index (χ1v) is 8.48. The second-order valence-corrected chi connectivity index (χ2v) is 6.67. The number of hydrogen-bond acceptors (Lipinski definition) is 4. The van der Waals surface area contributed by atoms with Crippen LogP contribution < -0.4 is 4.72 Å². The van der Waals surface area contributed by atoms with Crippen LogP contribution in [0, 0.1) is 0 Å². The highest BCUT2D eigenvalue weighted by Gasteiger charge is 2.06.